The Bertz CT molecular complexity index is 2210. The van der Waals surface area contributed by atoms with Crippen LogP contribution in [0.4, 0.5) is 0 Å². The van der Waals surface area contributed by atoms with E-state index in [1.54, 1.807) is 19.4 Å². The maximum absolute atomic E-state index is 14.5. The minimum absolute atomic E-state index is 0.0150. The van der Waals surface area contributed by atoms with Gasteiger partial charge in [0.15, 0.2) is 0 Å². The molecule has 5 heterocycles. The first-order valence-electron chi connectivity index (χ1n) is 18.3. The number of rotatable bonds is 7. The summed E-state index contributed by atoms with van der Waals surface area (Å²) in [6.07, 6.45) is 11.5. The van der Waals surface area contributed by atoms with E-state index in [9.17, 15) is 18.0 Å². The second-order valence-corrected chi connectivity index (χ2v) is 16.9. The van der Waals surface area contributed by atoms with E-state index in [1.807, 2.05) is 36.4 Å². The highest BCUT2D eigenvalue weighted by Crippen LogP contribution is 2.48. The summed E-state index contributed by atoms with van der Waals surface area (Å²) >= 11 is 0. The van der Waals surface area contributed by atoms with E-state index in [4.69, 9.17) is 9.72 Å². The average molecular weight is 723 g/mol. The molecular weight excluding hydrogens is 677 g/mol. The summed E-state index contributed by atoms with van der Waals surface area (Å²) in [5, 5.41) is 1.04. The average Bonchev–Trinajstić information content (AvgIpc) is 3.53. The number of aromatic nitrogens is 2. The number of carbonyl (C=O) groups excluding carboxylic acids is 2. The van der Waals surface area contributed by atoms with Crippen LogP contribution in [0, 0.1) is 0 Å². The van der Waals surface area contributed by atoms with Crippen LogP contribution in [0.15, 0.2) is 54.7 Å². The third-order valence-electron chi connectivity index (χ3n) is 11.5. The smallest absolute Gasteiger partial charge is 0.303 e. The number of allylic oxidation sites excluding steroid dienone is 1. The van der Waals surface area contributed by atoms with Gasteiger partial charge in [0.1, 0.15) is 5.75 Å². The summed E-state index contributed by atoms with van der Waals surface area (Å²) in [4.78, 5) is 37.3. The van der Waals surface area contributed by atoms with Gasteiger partial charge < -0.3 is 19.1 Å². The number of fused-ring (bicyclic) bond motifs is 7. The molecule has 12 heteroatoms. The Morgan fingerprint density at radius 3 is 2.42 bits per heavy atom. The van der Waals surface area contributed by atoms with Crippen molar-refractivity contribution >= 4 is 44.6 Å². The van der Waals surface area contributed by atoms with E-state index in [-0.39, 0.29) is 23.6 Å². The highest BCUT2D eigenvalue weighted by atomic mass is 32.2. The number of amides is 2. The van der Waals surface area contributed by atoms with Gasteiger partial charge in [-0.05, 0) is 104 Å². The van der Waals surface area contributed by atoms with Crippen molar-refractivity contribution in [1.82, 2.24) is 28.4 Å². The topological polar surface area (TPSA) is 117 Å². The highest BCUT2D eigenvalue weighted by molar-refractivity contribution is 7.87. The first kappa shape index (κ1) is 34.6. The summed E-state index contributed by atoms with van der Waals surface area (Å²) in [7, 11) is 2.56. The lowest BCUT2D eigenvalue weighted by atomic mass is 9.81. The number of carbonyl (C=O) groups is 2. The molecule has 0 spiro atoms. The molecule has 2 bridgehead atoms. The number of benzene rings is 2. The summed E-state index contributed by atoms with van der Waals surface area (Å²) in [5.74, 6) is 0.364. The number of pyridine rings is 1. The SMILES string of the molecule is COc1ccc2c(c1)C=C(c1ncccc1C(=O)N1C3CCC1CN(C)C3)Cn1c-2c(C2CCCCC2)c2ccc(C(=O)NS(=O)(=O)N(C)C)cc21. The summed E-state index contributed by atoms with van der Waals surface area (Å²) in [6.45, 7) is 2.12. The fourth-order valence-corrected chi connectivity index (χ4v) is 9.55. The van der Waals surface area contributed by atoms with Gasteiger partial charge in [-0.25, -0.2) is 4.72 Å². The van der Waals surface area contributed by atoms with Crippen LogP contribution in [0.5, 0.6) is 5.75 Å². The Morgan fingerprint density at radius 2 is 1.71 bits per heavy atom. The predicted octanol–water partition coefficient (Wildman–Crippen LogP) is 5.77. The van der Waals surface area contributed by atoms with E-state index in [2.05, 4.69) is 38.3 Å². The standard InChI is InChI=1S/C40H46N6O5S/c1-43(2)52(49,50)42-39(47)26-12-16-33-35(21-26)45-22-28(37-34(11-8-18-41-37)40(48)46-29-13-14-30(46)24-44(3)23-29)19-27-20-31(51-4)15-17-32(27)38(45)36(33)25-9-6-5-7-10-25/h8,11-12,15-21,25,29-30H,5-7,9-10,13-14,22-24H2,1-4H3,(H,42,47). The zero-order valence-corrected chi connectivity index (χ0v) is 31.1. The van der Waals surface area contributed by atoms with Gasteiger partial charge >= 0.3 is 10.2 Å². The molecule has 272 valence electrons. The van der Waals surface area contributed by atoms with Gasteiger partial charge in [0.05, 0.1) is 30.6 Å². The van der Waals surface area contributed by atoms with Crippen LogP contribution in [-0.2, 0) is 16.8 Å². The molecule has 1 saturated carbocycles. The van der Waals surface area contributed by atoms with Crippen molar-refractivity contribution in [3.63, 3.8) is 0 Å². The van der Waals surface area contributed by atoms with E-state index in [1.165, 1.54) is 26.1 Å². The quantitative estimate of drug-likeness (QED) is 0.258. The second-order valence-electron chi connectivity index (χ2n) is 15.0. The van der Waals surface area contributed by atoms with E-state index >= 15 is 0 Å². The first-order chi connectivity index (χ1) is 25.0. The lowest BCUT2D eigenvalue weighted by Crippen LogP contribution is -2.54. The molecule has 11 nitrogen and oxygen atoms in total. The molecular formula is C40H46N6O5S. The van der Waals surface area contributed by atoms with Crippen molar-refractivity contribution in [2.24, 2.45) is 0 Å². The number of hydrogen-bond acceptors (Lipinski definition) is 7. The van der Waals surface area contributed by atoms with Crippen molar-refractivity contribution in [3.05, 3.63) is 82.7 Å². The molecule has 2 saturated heterocycles. The van der Waals surface area contributed by atoms with E-state index < -0.39 is 16.1 Å². The van der Waals surface area contributed by atoms with Gasteiger partial charge in [-0.1, -0.05) is 25.3 Å². The van der Waals surface area contributed by atoms with Crippen LogP contribution < -0.4 is 9.46 Å². The minimum atomic E-state index is -4.00. The number of piperazine rings is 1. The number of nitrogens with zero attached hydrogens (tertiary/aromatic N) is 5. The molecule has 1 aliphatic carbocycles. The van der Waals surface area contributed by atoms with Gasteiger partial charge in [0, 0.05) is 67.5 Å². The van der Waals surface area contributed by atoms with Gasteiger partial charge in [-0.15, -0.1) is 0 Å². The van der Waals surface area contributed by atoms with Crippen molar-refractivity contribution in [1.29, 1.82) is 0 Å². The largest absolute Gasteiger partial charge is 0.497 e. The number of hydrogen-bond donors (Lipinski definition) is 1. The van der Waals surface area contributed by atoms with Gasteiger partial charge in [0.2, 0.25) is 0 Å². The molecule has 2 aromatic carbocycles. The molecule has 3 fully saturated rings. The van der Waals surface area contributed by atoms with Crippen LogP contribution in [-0.4, -0.2) is 97.3 Å². The van der Waals surface area contributed by atoms with E-state index in [0.29, 0.717) is 23.7 Å². The molecule has 4 aromatic rings. The van der Waals surface area contributed by atoms with Crippen molar-refractivity contribution in [2.75, 3.05) is 41.3 Å². The number of ether oxygens (including phenoxy) is 1. The summed E-state index contributed by atoms with van der Waals surface area (Å²) in [6, 6.07) is 15.7. The van der Waals surface area contributed by atoms with Crippen LogP contribution in [0.2, 0.25) is 0 Å². The molecule has 2 atom stereocenters. The molecule has 2 unspecified atom stereocenters. The van der Waals surface area contributed by atoms with Crippen molar-refractivity contribution in [2.45, 2.75) is 69.5 Å². The monoisotopic (exact) mass is 722 g/mol. The molecule has 0 radical (unpaired) electrons. The maximum Gasteiger partial charge on any atom is 0.303 e. The zero-order chi connectivity index (χ0) is 36.3. The Kier molecular flexibility index (Phi) is 8.95. The fraction of sp³-hybridized carbons (Fsp3) is 0.425. The summed E-state index contributed by atoms with van der Waals surface area (Å²) in [5.41, 5.74) is 7.50. The fourth-order valence-electron chi connectivity index (χ4n) is 9.01. The van der Waals surface area contributed by atoms with Crippen molar-refractivity contribution < 1.29 is 22.7 Å². The Balaban J connectivity index is 1.32. The predicted molar refractivity (Wildman–Crippen MR) is 202 cm³/mol. The number of methoxy groups -OCH3 is 1. The maximum atomic E-state index is 14.5. The van der Waals surface area contributed by atoms with Crippen LogP contribution in [0.25, 0.3) is 33.8 Å². The Hall–Kier alpha value is -4.52. The van der Waals surface area contributed by atoms with Crippen molar-refractivity contribution in [3.8, 4) is 17.0 Å². The number of likely N-dealkylation sites (tertiary alicyclic amines) is 1. The van der Waals surface area contributed by atoms with Gasteiger partial charge in [0.25, 0.3) is 11.8 Å². The third-order valence-corrected chi connectivity index (χ3v) is 12.9. The Labute approximate surface area is 305 Å². The minimum Gasteiger partial charge on any atom is -0.497 e. The molecule has 8 rings (SSSR count). The second kappa shape index (κ2) is 13.5. The van der Waals surface area contributed by atoms with Gasteiger partial charge in [-0.2, -0.15) is 12.7 Å². The van der Waals surface area contributed by atoms with Crippen LogP contribution in [0.1, 0.15) is 88.4 Å². The third kappa shape index (κ3) is 6.00. The molecule has 1 N–H and O–H groups in total. The van der Waals surface area contributed by atoms with E-state index in [0.717, 1.165) is 95.0 Å². The Morgan fingerprint density at radius 1 is 0.962 bits per heavy atom. The first-order valence-corrected chi connectivity index (χ1v) is 19.7. The lowest BCUT2D eigenvalue weighted by Gasteiger charge is -2.39. The number of nitrogens with one attached hydrogen (secondary N) is 1. The zero-order valence-electron chi connectivity index (χ0n) is 30.3. The summed E-state index contributed by atoms with van der Waals surface area (Å²) < 4.78 is 36.5. The molecule has 4 aliphatic rings. The highest BCUT2D eigenvalue weighted by Gasteiger charge is 2.42. The molecule has 52 heavy (non-hydrogen) atoms. The molecule has 3 aliphatic heterocycles. The number of likely N-dealkylation sites (N-methyl/N-ethyl adjacent to an activating group) is 1. The lowest BCUT2D eigenvalue weighted by molar-refractivity contribution is 0.0472. The molecule has 2 aromatic heterocycles. The van der Waals surface area contributed by atoms with Gasteiger partial charge in [-0.3, -0.25) is 14.6 Å². The normalized spacial score (nSPS) is 20.7. The van der Waals surface area contributed by atoms with Crippen LogP contribution in [0.3, 0.4) is 0 Å². The van der Waals surface area contributed by atoms with Crippen LogP contribution >= 0.6 is 0 Å². The molecule has 2 amide bonds.